The zero-order chi connectivity index (χ0) is 13.6. The maximum Gasteiger partial charge on any atom is 0.270 e. The van der Waals surface area contributed by atoms with Crippen LogP contribution in [0.5, 0.6) is 0 Å². The molecule has 1 amide bonds. The highest BCUT2D eigenvalue weighted by Gasteiger charge is 2.38. The summed E-state index contributed by atoms with van der Waals surface area (Å²) in [7, 11) is 0. The van der Waals surface area contributed by atoms with Crippen LogP contribution in [0.25, 0.3) is 0 Å². The second-order valence-corrected chi connectivity index (χ2v) is 4.59. The Kier molecular flexibility index (Phi) is 2.48. The molecule has 0 radical (unpaired) electrons. The maximum atomic E-state index is 12.0. The van der Waals surface area contributed by atoms with E-state index >= 15 is 0 Å². The Hall–Kier alpha value is -2.44. The highest BCUT2D eigenvalue weighted by molar-refractivity contribution is 6.08. The Morgan fingerprint density at radius 1 is 1.37 bits per heavy atom. The summed E-state index contributed by atoms with van der Waals surface area (Å²) < 4.78 is 0. The van der Waals surface area contributed by atoms with Crippen molar-refractivity contribution in [2.45, 2.75) is 12.5 Å². The molecule has 0 aromatic heterocycles. The van der Waals surface area contributed by atoms with Crippen molar-refractivity contribution >= 4 is 23.1 Å². The van der Waals surface area contributed by atoms with E-state index in [1.807, 2.05) is 4.90 Å². The molecule has 7 heteroatoms. The molecule has 19 heavy (non-hydrogen) atoms. The van der Waals surface area contributed by atoms with E-state index in [1.54, 1.807) is 6.07 Å². The molecule has 1 saturated heterocycles. The molecule has 0 saturated carbocycles. The topological polar surface area (TPSA) is 92.6 Å². The maximum absolute atomic E-state index is 12.0. The minimum Gasteiger partial charge on any atom is -0.357 e. The lowest BCUT2D eigenvalue weighted by Crippen LogP contribution is -2.58. The standard InChI is InChI=1S/C12H11N3O4/c16-11-6-10-12(17)13-3-4-14(10)9-2-1-7(15(18)19)5-8(9)11/h1-2,5,10H,3-4,6H2,(H,13,17). The van der Waals surface area contributed by atoms with Gasteiger partial charge in [0.2, 0.25) is 5.91 Å². The number of amides is 1. The molecule has 1 atom stereocenters. The van der Waals surface area contributed by atoms with Crippen LogP contribution >= 0.6 is 0 Å². The van der Waals surface area contributed by atoms with Crippen molar-refractivity contribution in [3.05, 3.63) is 33.9 Å². The third-order valence-corrected chi connectivity index (χ3v) is 3.51. The van der Waals surface area contributed by atoms with Gasteiger partial charge in [0.05, 0.1) is 4.92 Å². The number of nitrogens with zero attached hydrogens (tertiary/aromatic N) is 2. The number of nitrogens with one attached hydrogen (secondary N) is 1. The molecule has 0 aliphatic carbocycles. The first-order valence-corrected chi connectivity index (χ1v) is 5.94. The third kappa shape index (κ3) is 1.74. The van der Waals surface area contributed by atoms with E-state index < -0.39 is 11.0 Å². The molecular formula is C12H11N3O4. The quantitative estimate of drug-likeness (QED) is 0.586. The number of hydrogen-bond donors (Lipinski definition) is 1. The first-order chi connectivity index (χ1) is 9.08. The van der Waals surface area contributed by atoms with Gasteiger partial charge in [0.15, 0.2) is 5.78 Å². The normalized spacial score (nSPS) is 21.5. The molecule has 3 rings (SSSR count). The molecule has 2 aliphatic rings. The average molecular weight is 261 g/mol. The predicted octanol–water partition coefficient (Wildman–Crippen LogP) is 0.486. The van der Waals surface area contributed by atoms with Crippen LogP contribution in [0.3, 0.4) is 0 Å². The highest BCUT2D eigenvalue weighted by Crippen LogP contribution is 2.34. The molecule has 1 unspecified atom stereocenters. The second kappa shape index (κ2) is 4.04. The molecule has 0 spiro atoms. The number of fused-ring (bicyclic) bond motifs is 3. The van der Waals surface area contributed by atoms with E-state index in [2.05, 4.69) is 5.32 Å². The monoisotopic (exact) mass is 261 g/mol. The summed E-state index contributed by atoms with van der Waals surface area (Å²) in [4.78, 5) is 35.8. The van der Waals surface area contributed by atoms with Gasteiger partial charge in [-0.3, -0.25) is 19.7 Å². The number of anilines is 1. The van der Waals surface area contributed by atoms with E-state index in [9.17, 15) is 19.7 Å². The molecule has 1 fully saturated rings. The van der Waals surface area contributed by atoms with E-state index in [0.29, 0.717) is 24.3 Å². The number of nitro groups is 1. The average Bonchev–Trinajstić information content (AvgIpc) is 2.40. The van der Waals surface area contributed by atoms with Gasteiger partial charge in [0.25, 0.3) is 5.69 Å². The number of carbonyl (C=O) groups is 2. The number of Topliss-reactive ketones (excluding diaryl/α,β-unsaturated/α-hetero) is 1. The van der Waals surface area contributed by atoms with Gasteiger partial charge in [-0.05, 0) is 6.07 Å². The van der Waals surface area contributed by atoms with E-state index in [-0.39, 0.29) is 23.8 Å². The summed E-state index contributed by atoms with van der Waals surface area (Å²) in [6, 6.07) is 3.72. The lowest BCUT2D eigenvalue weighted by molar-refractivity contribution is -0.384. The fraction of sp³-hybridized carbons (Fsp3) is 0.333. The van der Waals surface area contributed by atoms with Crippen LogP contribution in [0, 0.1) is 10.1 Å². The summed E-state index contributed by atoms with van der Waals surface area (Å²) in [5.74, 6) is -0.388. The lowest BCUT2D eigenvalue weighted by atomic mass is 9.92. The molecule has 7 nitrogen and oxygen atoms in total. The third-order valence-electron chi connectivity index (χ3n) is 3.51. The second-order valence-electron chi connectivity index (χ2n) is 4.59. The number of ketones is 1. The Labute approximate surface area is 108 Å². The molecule has 1 aromatic carbocycles. The van der Waals surface area contributed by atoms with Crippen LogP contribution in [-0.2, 0) is 4.79 Å². The molecule has 1 N–H and O–H groups in total. The summed E-state index contributed by atoms with van der Waals surface area (Å²) in [6.45, 7) is 1.12. The summed E-state index contributed by atoms with van der Waals surface area (Å²) >= 11 is 0. The van der Waals surface area contributed by atoms with Crippen molar-refractivity contribution in [3.63, 3.8) is 0 Å². The number of piperazine rings is 1. The van der Waals surface area contributed by atoms with Crippen LogP contribution in [-0.4, -0.2) is 35.7 Å². The molecule has 2 heterocycles. The van der Waals surface area contributed by atoms with Crippen molar-refractivity contribution in [1.82, 2.24) is 5.32 Å². The first-order valence-electron chi connectivity index (χ1n) is 5.94. The van der Waals surface area contributed by atoms with Gasteiger partial charge in [0.1, 0.15) is 6.04 Å². The van der Waals surface area contributed by atoms with Gasteiger partial charge < -0.3 is 10.2 Å². The molecular weight excluding hydrogens is 250 g/mol. The van der Waals surface area contributed by atoms with Crippen molar-refractivity contribution in [1.29, 1.82) is 0 Å². The Morgan fingerprint density at radius 3 is 2.89 bits per heavy atom. The van der Waals surface area contributed by atoms with Gasteiger partial charge in [-0.25, -0.2) is 0 Å². The largest absolute Gasteiger partial charge is 0.357 e. The zero-order valence-electron chi connectivity index (χ0n) is 9.96. The molecule has 1 aromatic rings. The Bertz CT molecular complexity index is 599. The van der Waals surface area contributed by atoms with Gasteiger partial charge in [-0.15, -0.1) is 0 Å². The number of benzene rings is 1. The van der Waals surface area contributed by atoms with E-state index in [1.165, 1.54) is 12.1 Å². The van der Waals surface area contributed by atoms with Crippen LogP contribution in [0.1, 0.15) is 16.8 Å². The number of non-ortho nitro benzene ring substituents is 1. The molecule has 2 aliphatic heterocycles. The fourth-order valence-corrected chi connectivity index (χ4v) is 2.60. The lowest BCUT2D eigenvalue weighted by Gasteiger charge is -2.40. The summed E-state index contributed by atoms with van der Waals surface area (Å²) in [6.07, 6.45) is 0.0694. The number of nitro benzene ring substituents is 1. The SMILES string of the molecule is O=C1CC2C(=O)NCCN2c2ccc([N+](=O)[O-])cc21. The summed E-state index contributed by atoms with van der Waals surface area (Å²) in [5.41, 5.74) is 0.842. The van der Waals surface area contributed by atoms with Gasteiger partial charge in [-0.1, -0.05) is 0 Å². The number of rotatable bonds is 1. The molecule has 98 valence electrons. The fourth-order valence-electron chi connectivity index (χ4n) is 2.60. The van der Waals surface area contributed by atoms with Crippen molar-refractivity contribution < 1.29 is 14.5 Å². The summed E-state index contributed by atoms with van der Waals surface area (Å²) in [5, 5.41) is 13.5. The van der Waals surface area contributed by atoms with Gasteiger partial charge >= 0.3 is 0 Å². The van der Waals surface area contributed by atoms with Crippen LogP contribution in [0.15, 0.2) is 18.2 Å². The van der Waals surface area contributed by atoms with Gasteiger partial charge in [-0.2, -0.15) is 0 Å². The van der Waals surface area contributed by atoms with Crippen molar-refractivity contribution in [2.75, 3.05) is 18.0 Å². The zero-order valence-corrected chi connectivity index (χ0v) is 9.96. The van der Waals surface area contributed by atoms with E-state index in [0.717, 1.165) is 0 Å². The Balaban J connectivity index is 2.09. The van der Waals surface area contributed by atoms with Crippen molar-refractivity contribution in [3.8, 4) is 0 Å². The highest BCUT2D eigenvalue weighted by atomic mass is 16.6. The molecule has 0 bridgehead atoms. The Morgan fingerprint density at radius 2 is 2.16 bits per heavy atom. The van der Waals surface area contributed by atoms with E-state index in [4.69, 9.17) is 0 Å². The minimum atomic E-state index is -0.525. The minimum absolute atomic E-state index is 0.0694. The van der Waals surface area contributed by atoms with Crippen molar-refractivity contribution in [2.24, 2.45) is 0 Å². The van der Waals surface area contributed by atoms with Crippen LogP contribution < -0.4 is 10.2 Å². The van der Waals surface area contributed by atoms with Gasteiger partial charge in [0, 0.05) is 42.9 Å². The number of carbonyl (C=O) groups excluding carboxylic acids is 2. The van der Waals surface area contributed by atoms with Crippen LogP contribution in [0.4, 0.5) is 11.4 Å². The van der Waals surface area contributed by atoms with Crippen LogP contribution in [0.2, 0.25) is 0 Å². The predicted molar refractivity (Wildman–Crippen MR) is 66.2 cm³/mol. The smallest absolute Gasteiger partial charge is 0.270 e. The first kappa shape index (κ1) is 11.6. The number of hydrogen-bond acceptors (Lipinski definition) is 5.